The minimum absolute atomic E-state index is 0.282. The maximum absolute atomic E-state index is 5.69. The number of aromatic nitrogens is 3. The lowest BCUT2D eigenvalue weighted by atomic mass is 10.0. The maximum atomic E-state index is 5.69. The number of hydrogen-bond donors (Lipinski definition) is 1. The van der Waals surface area contributed by atoms with Gasteiger partial charge in [-0.05, 0) is 11.5 Å². The summed E-state index contributed by atoms with van der Waals surface area (Å²) >= 11 is 0. The second-order valence-electron chi connectivity index (χ2n) is 4.56. The van der Waals surface area contributed by atoms with Crippen molar-refractivity contribution in [3.05, 3.63) is 35.7 Å². The van der Waals surface area contributed by atoms with E-state index in [-0.39, 0.29) is 5.95 Å². The van der Waals surface area contributed by atoms with Crippen molar-refractivity contribution in [2.45, 2.75) is 33.1 Å². The molecule has 4 heteroatoms. The van der Waals surface area contributed by atoms with E-state index in [0.717, 1.165) is 17.8 Å². The van der Waals surface area contributed by atoms with Gasteiger partial charge in [0.05, 0.1) is 0 Å². The Morgan fingerprint density at radius 2 is 1.72 bits per heavy atom. The lowest BCUT2D eigenvalue weighted by molar-refractivity contribution is 0.866. The Bertz CT molecular complexity index is 532. The Labute approximate surface area is 107 Å². The van der Waals surface area contributed by atoms with Gasteiger partial charge in [0.1, 0.15) is 5.82 Å². The molecule has 0 radical (unpaired) electrons. The number of nitrogens with two attached hydrogens (primary N) is 1. The van der Waals surface area contributed by atoms with Crippen LogP contribution in [0.2, 0.25) is 0 Å². The summed E-state index contributed by atoms with van der Waals surface area (Å²) in [5, 5.41) is 0. The minimum atomic E-state index is 0.282. The molecule has 0 aliphatic rings. The first-order valence-corrected chi connectivity index (χ1v) is 6.21. The molecule has 0 saturated heterocycles. The summed E-state index contributed by atoms with van der Waals surface area (Å²) in [5.41, 5.74) is 7.97. The molecule has 0 saturated carbocycles. The van der Waals surface area contributed by atoms with Crippen molar-refractivity contribution in [1.29, 1.82) is 0 Å². The number of rotatable bonds is 3. The zero-order valence-corrected chi connectivity index (χ0v) is 11.0. The number of nitrogens with zero attached hydrogens (tertiary/aromatic N) is 3. The van der Waals surface area contributed by atoms with Crippen molar-refractivity contribution in [1.82, 2.24) is 15.0 Å². The molecule has 0 aliphatic carbocycles. The van der Waals surface area contributed by atoms with Crippen molar-refractivity contribution in [2.75, 3.05) is 5.73 Å². The largest absolute Gasteiger partial charge is 0.368 e. The van der Waals surface area contributed by atoms with Crippen LogP contribution in [0.25, 0.3) is 11.4 Å². The molecule has 0 atom stereocenters. The topological polar surface area (TPSA) is 64.7 Å². The molecule has 1 aromatic carbocycles. The summed E-state index contributed by atoms with van der Waals surface area (Å²) in [4.78, 5) is 12.7. The number of nitrogen functional groups attached to an aromatic ring is 1. The fourth-order valence-corrected chi connectivity index (χ4v) is 1.74. The third kappa shape index (κ3) is 2.64. The Kier molecular flexibility index (Phi) is 3.55. The first-order chi connectivity index (χ1) is 8.60. The Balaban J connectivity index is 2.39. The molecule has 0 fully saturated rings. The smallest absolute Gasteiger partial charge is 0.223 e. The summed E-state index contributed by atoms with van der Waals surface area (Å²) in [6.45, 7) is 6.34. The highest BCUT2D eigenvalue weighted by atomic mass is 15.1. The number of benzene rings is 1. The molecule has 18 heavy (non-hydrogen) atoms. The summed E-state index contributed by atoms with van der Waals surface area (Å²) in [5.74, 6) is 2.18. The van der Waals surface area contributed by atoms with Crippen LogP contribution in [0.3, 0.4) is 0 Å². The van der Waals surface area contributed by atoms with Gasteiger partial charge < -0.3 is 5.73 Å². The Morgan fingerprint density at radius 3 is 2.28 bits per heavy atom. The second kappa shape index (κ2) is 5.12. The lowest BCUT2D eigenvalue weighted by Crippen LogP contribution is -2.04. The van der Waals surface area contributed by atoms with Crippen LogP contribution in [0, 0.1) is 0 Å². The standard InChI is InChI=1S/C14H18N4/c1-4-12-16-13(18-14(15)17-12)11-7-5-10(6-8-11)9(2)3/h5-9H,4H2,1-3H3,(H2,15,16,17,18). The predicted octanol–water partition coefficient (Wildman–Crippen LogP) is 2.81. The number of aryl methyl sites for hydroxylation is 1. The van der Waals surface area contributed by atoms with Crippen LogP contribution >= 0.6 is 0 Å². The molecule has 4 nitrogen and oxygen atoms in total. The highest BCUT2D eigenvalue weighted by Gasteiger charge is 2.06. The van der Waals surface area contributed by atoms with Gasteiger partial charge in [0.2, 0.25) is 5.95 Å². The van der Waals surface area contributed by atoms with Gasteiger partial charge in [-0.25, -0.2) is 4.98 Å². The van der Waals surface area contributed by atoms with Crippen molar-refractivity contribution >= 4 is 5.95 Å². The molecule has 0 spiro atoms. The maximum Gasteiger partial charge on any atom is 0.223 e. The molecule has 94 valence electrons. The SMILES string of the molecule is CCc1nc(N)nc(-c2ccc(C(C)C)cc2)n1. The van der Waals surface area contributed by atoms with Gasteiger partial charge in [0.25, 0.3) is 0 Å². The van der Waals surface area contributed by atoms with Crippen LogP contribution < -0.4 is 5.73 Å². The van der Waals surface area contributed by atoms with E-state index in [1.54, 1.807) is 0 Å². The first-order valence-electron chi connectivity index (χ1n) is 6.21. The van der Waals surface area contributed by atoms with E-state index in [0.29, 0.717) is 11.7 Å². The average molecular weight is 242 g/mol. The van der Waals surface area contributed by atoms with E-state index in [9.17, 15) is 0 Å². The van der Waals surface area contributed by atoms with Crippen LogP contribution in [0.5, 0.6) is 0 Å². The van der Waals surface area contributed by atoms with E-state index >= 15 is 0 Å². The van der Waals surface area contributed by atoms with Gasteiger partial charge in [-0.2, -0.15) is 9.97 Å². The van der Waals surface area contributed by atoms with Crippen molar-refractivity contribution < 1.29 is 0 Å². The van der Waals surface area contributed by atoms with Gasteiger partial charge >= 0.3 is 0 Å². The molecular formula is C14H18N4. The van der Waals surface area contributed by atoms with Gasteiger partial charge in [0.15, 0.2) is 5.82 Å². The summed E-state index contributed by atoms with van der Waals surface area (Å²) in [6.07, 6.45) is 0.754. The lowest BCUT2D eigenvalue weighted by Gasteiger charge is -2.07. The zero-order valence-electron chi connectivity index (χ0n) is 11.0. The predicted molar refractivity (Wildman–Crippen MR) is 73.1 cm³/mol. The van der Waals surface area contributed by atoms with E-state index in [1.807, 2.05) is 19.1 Å². The van der Waals surface area contributed by atoms with Gasteiger partial charge in [-0.1, -0.05) is 45.0 Å². The van der Waals surface area contributed by atoms with Crippen molar-refractivity contribution in [2.24, 2.45) is 0 Å². The molecule has 2 aromatic rings. The van der Waals surface area contributed by atoms with E-state index in [2.05, 4.69) is 40.9 Å². The summed E-state index contributed by atoms with van der Waals surface area (Å²) < 4.78 is 0. The minimum Gasteiger partial charge on any atom is -0.368 e. The van der Waals surface area contributed by atoms with Crippen LogP contribution in [0.1, 0.15) is 38.1 Å². The molecule has 2 N–H and O–H groups in total. The Hall–Kier alpha value is -1.97. The van der Waals surface area contributed by atoms with Crippen LogP contribution in [0.15, 0.2) is 24.3 Å². The summed E-state index contributed by atoms with van der Waals surface area (Å²) in [6, 6.07) is 8.27. The highest BCUT2D eigenvalue weighted by molar-refractivity contribution is 5.56. The van der Waals surface area contributed by atoms with Gasteiger partial charge in [-0.3, -0.25) is 0 Å². The molecule has 0 aliphatic heterocycles. The molecule has 2 rings (SSSR count). The van der Waals surface area contributed by atoms with Crippen LogP contribution in [-0.2, 0) is 6.42 Å². The molecular weight excluding hydrogens is 224 g/mol. The fraction of sp³-hybridized carbons (Fsp3) is 0.357. The molecule has 0 amide bonds. The normalized spacial score (nSPS) is 10.9. The van der Waals surface area contributed by atoms with Crippen molar-refractivity contribution in [3.63, 3.8) is 0 Å². The third-order valence-electron chi connectivity index (χ3n) is 2.85. The van der Waals surface area contributed by atoms with Crippen LogP contribution in [-0.4, -0.2) is 15.0 Å². The number of anilines is 1. The zero-order chi connectivity index (χ0) is 13.1. The monoisotopic (exact) mass is 242 g/mol. The van der Waals surface area contributed by atoms with E-state index in [4.69, 9.17) is 5.73 Å². The molecule has 1 heterocycles. The van der Waals surface area contributed by atoms with Crippen LogP contribution in [0.4, 0.5) is 5.95 Å². The Morgan fingerprint density at radius 1 is 1.06 bits per heavy atom. The fourth-order valence-electron chi connectivity index (χ4n) is 1.74. The molecule has 0 bridgehead atoms. The first kappa shape index (κ1) is 12.5. The average Bonchev–Trinajstić information content (AvgIpc) is 2.38. The van der Waals surface area contributed by atoms with Crippen molar-refractivity contribution in [3.8, 4) is 11.4 Å². The number of hydrogen-bond acceptors (Lipinski definition) is 4. The molecule has 0 unspecified atom stereocenters. The van der Waals surface area contributed by atoms with Gasteiger partial charge in [0, 0.05) is 12.0 Å². The second-order valence-corrected chi connectivity index (χ2v) is 4.56. The highest BCUT2D eigenvalue weighted by Crippen LogP contribution is 2.20. The molecule has 1 aromatic heterocycles. The van der Waals surface area contributed by atoms with E-state index < -0.39 is 0 Å². The van der Waals surface area contributed by atoms with E-state index in [1.165, 1.54) is 5.56 Å². The summed E-state index contributed by atoms with van der Waals surface area (Å²) in [7, 11) is 0. The quantitative estimate of drug-likeness (QED) is 0.898. The van der Waals surface area contributed by atoms with Gasteiger partial charge in [-0.15, -0.1) is 0 Å². The third-order valence-corrected chi connectivity index (χ3v) is 2.85.